The molecule has 0 spiro atoms. The summed E-state index contributed by atoms with van der Waals surface area (Å²) in [6, 6.07) is 17.3. The minimum atomic E-state index is -0.860. The van der Waals surface area contributed by atoms with Crippen molar-refractivity contribution in [3.05, 3.63) is 106 Å². The number of carbonyl (C=O) groups is 2. The zero-order chi connectivity index (χ0) is 23.4. The van der Waals surface area contributed by atoms with E-state index in [-0.39, 0.29) is 28.6 Å². The van der Waals surface area contributed by atoms with E-state index in [0.717, 1.165) is 12.8 Å². The highest BCUT2D eigenvalue weighted by atomic mass is 16.6. The number of para-hydroxylation sites is 1. The van der Waals surface area contributed by atoms with Crippen molar-refractivity contribution in [1.29, 1.82) is 0 Å². The second kappa shape index (κ2) is 9.52. The van der Waals surface area contributed by atoms with E-state index in [9.17, 15) is 19.7 Å². The Kier molecular flexibility index (Phi) is 6.35. The zero-order valence-electron chi connectivity index (χ0n) is 18.1. The van der Waals surface area contributed by atoms with Gasteiger partial charge in [0.15, 0.2) is 5.76 Å². The quantitative estimate of drug-likeness (QED) is 0.219. The van der Waals surface area contributed by atoms with Crippen LogP contribution in [0.5, 0.6) is 0 Å². The smallest absolute Gasteiger partial charge is 0.275 e. The lowest BCUT2D eigenvalue weighted by Gasteiger charge is -2.27. The summed E-state index contributed by atoms with van der Waals surface area (Å²) in [5.74, 6) is -0.719. The SMILES string of the molecule is CCCCNC1=C(C(=O)c2ccco2)C(c2cccc([N+](=O)[O-])c2)N(c2ccccc2)C1=O. The summed E-state index contributed by atoms with van der Waals surface area (Å²) < 4.78 is 5.35. The molecule has 33 heavy (non-hydrogen) atoms. The molecule has 3 aromatic rings. The summed E-state index contributed by atoms with van der Waals surface area (Å²) in [5, 5.41) is 14.6. The van der Waals surface area contributed by atoms with Gasteiger partial charge >= 0.3 is 0 Å². The molecule has 4 rings (SSSR count). The van der Waals surface area contributed by atoms with E-state index in [1.165, 1.54) is 23.3 Å². The summed E-state index contributed by atoms with van der Waals surface area (Å²) >= 11 is 0. The second-order valence-electron chi connectivity index (χ2n) is 7.64. The predicted molar refractivity (Wildman–Crippen MR) is 123 cm³/mol. The molecule has 0 saturated heterocycles. The Labute approximate surface area is 190 Å². The van der Waals surface area contributed by atoms with Crippen molar-refractivity contribution in [1.82, 2.24) is 5.32 Å². The van der Waals surface area contributed by atoms with E-state index in [4.69, 9.17) is 4.42 Å². The number of nitro groups is 1. The van der Waals surface area contributed by atoms with Crippen molar-refractivity contribution < 1.29 is 18.9 Å². The fourth-order valence-electron chi connectivity index (χ4n) is 3.94. The molecule has 0 fully saturated rings. The van der Waals surface area contributed by atoms with E-state index < -0.39 is 16.7 Å². The van der Waals surface area contributed by atoms with Crippen LogP contribution in [0.3, 0.4) is 0 Å². The van der Waals surface area contributed by atoms with Gasteiger partial charge in [-0.15, -0.1) is 0 Å². The zero-order valence-corrected chi connectivity index (χ0v) is 18.1. The number of hydrogen-bond donors (Lipinski definition) is 1. The van der Waals surface area contributed by atoms with E-state index in [0.29, 0.717) is 17.8 Å². The lowest BCUT2D eigenvalue weighted by atomic mass is 9.94. The first-order valence-corrected chi connectivity index (χ1v) is 10.7. The Morgan fingerprint density at radius 1 is 1.12 bits per heavy atom. The van der Waals surface area contributed by atoms with E-state index in [1.807, 2.05) is 13.0 Å². The molecule has 0 radical (unpaired) electrons. The number of rotatable bonds is 9. The maximum atomic E-state index is 13.7. The van der Waals surface area contributed by atoms with Crippen LogP contribution in [0.2, 0.25) is 0 Å². The van der Waals surface area contributed by atoms with Crippen molar-refractivity contribution in [3.8, 4) is 0 Å². The molecule has 8 heteroatoms. The summed E-state index contributed by atoms with van der Waals surface area (Å²) in [6.07, 6.45) is 3.12. The number of benzene rings is 2. The van der Waals surface area contributed by atoms with E-state index in [1.54, 1.807) is 48.5 Å². The van der Waals surface area contributed by atoms with Gasteiger partial charge < -0.3 is 9.73 Å². The molecular formula is C25H23N3O5. The molecule has 1 unspecified atom stereocenters. The fourth-order valence-corrected chi connectivity index (χ4v) is 3.94. The van der Waals surface area contributed by atoms with Gasteiger partial charge in [0.25, 0.3) is 11.6 Å². The first kappa shape index (κ1) is 22.0. The first-order chi connectivity index (χ1) is 16.0. The third kappa shape index (κ3) is 4.27. The van der Waals surface area contributed by atoms with Gasteiger partial charge in [0.05, 0.1) is 22.8 Å². The average molecular weight is 445 g/mol. The van der Waals surface area contributed by atoms with Crippen LogP contribution in [0.15, 0.2) is 88.7 Å². The highest BCUT2D eigenvalue weighted by Gasteiger charge is 2.45. The van der Waals surface area contributed by atoms with Crippen molar-refractivity contribution >= 4 is 23.1 Å². The molecule has 8 nitrogen and oxygen atoms in total. The number of ketones is 1. The molecular weight excluding hydrogens is 422 g/mol. The van der Waals surface area contributed by atoms with Crippen LogP contribution < -0.4 is 10.2 Å². The Bertz CT molecular complexity index is 1200. The number of anilines is 1. The third-order valence-electron chi connectivity index (χ3n) is 5.49. The Balaban J connectivity index is 1.91. The topological polar surface area (TPSA) is 106 Å². The van der Waals surface area contributed by atoms with Gasteiger partial charge in [0.1, 0.15) is 5.70 Å². The number of hydrogen-bond acceptors (Lipinski definition) is 6. The number of non-ortho nitro benzene ring substituents is 1. The number of carbonyl (C=O) groups excluding carboxylic acids is 2. The van der Waals surface area contributed by atoms with Crippen molar-refractivity contribution in [2.45, 2.75) is 25.8 Å². The van der Waals surface area contributed by atoms with Gasteiger partial charge in [-0.05, 0) is 36.2 Å². The molecule has 2 aromatic carbocycles. The van der Waals surface area contributed by atoms with E-state index >= 15 is 0 Å². The molecule has 1 aromatic heterocycles. The molecule has 168 valence electrons. The highest BCUT2D eigenvalue weighted by molar-refractivity contribution is 6.21. The van der Waals surface area contributed by atoms with Crippen molar-refractivity contribution in [3.63, 3.8) is 0 Å². The largest absolute Gasteiger partial charge is 0.461 e. The fraction of sp³-hybridized carbons (Fsp3) is 0.200. The number of furan rings is 1. The lowest BCUT2D eigenvalue weighted by Crippen LogP contribution is -2.33. The summed E-state index contributed by atoms with van der Waals surface area (Å²) in [5.41, 5.74) is 1.31. The number of nitro benzene ring substituents is 1. The summed E-state index contributed by atoms with van der Waals surface area (Å²) in [7, 11) is 0. The maximum Gasteiger partial charge on any atom is 0.275 e. The molecule has 1 aliphatic rings. The van der Waals surface area contributed by atoms with Crippen molar-refractivity contribution in [2.75, 3.05) is 11.4 Å². The number of nitrogens with one attached hydrogen (secondary N) is 1. The highest BCUT2D eigenvalue weighted by Crippen LogP contribution is 2.42. The van der Waals surface area contributed by atoms with Crippen LogP contribution in [0.4, 0.5) is 11.4 Å². The van der Waals surface area contributed by atoms with Gasteiger partial charge in [-0.1, -0.05) is 43.7 Å². The molecule has 2 heterocycles. The Hall–Kier alpha value is -4.20. The van der Waals surface area contributed by atoms with Crippen LogP contribution in [-0.2, 0) is 4.79 Å². The number of unbranched alkanes of at least 4 members (excludes halogenated alkanes) is 1. The molecule has 1 aliphatic heterocycles. The van der Waals surface area contributed by atoms with Crippen LogP contribution in [0, 0.1) is 10.1 Å². The number of nitrogens with zero attached hydrogens (tertiary/aromatic N) is 2. The number of Topliss-reactive ketones (excluding diaryl/α,β-unsaturated/α-hetero) is 1. The standard InChI is InChI=1S/C25H23N3O5/c1-2-3-14-26-22-21(24(29)20-13-8-15-33-20)23(17-9-7-12-19(16-17)28(31)32)27(25(22)30)18-10-5-4-6-11-18/h4-13,15-16,23,26H,2-3,14H2,1H3. The van der Waals surface area contributed by atoms with Crippen LogP contribution in [0.25, 0.3) is 0 Å². The van der Waals surface area contributed by atoms with Gasteiger partial charge in [0, 0.05) is 24.4 Å². The molecule has 0 bridgehead atoms. The third-order valence-corrected chi connectivity index (χ3v) is 5.49. The Morgan fingerprint density at radius 2 is 1.91 bits per heavy atom. The van der Waals surface area contributed by atoms with Crippen LogP contribution in [0.1, 0.15) is 41.9 Å². The van der Waals surface area contributed by atoms with Crippen molar-refractivity contribution in [2.24, 2.45) is 0 Å². The monoisotopic (exact) mass is 445 g/mol. The summed E-state index contributed by atoms with van der Waals surface area (Å²) in [6.45, 7) is 2.54. The van der Waals surface area contributed by atoms with Gasteiger partial charge in [-0.3, -0.25) is 24.6 Å². The molecule has 0 saturated carbocycles. The minimum Gasteiger partial charge on any atom is -0.461 e. The normalized spacial score (nSPS) is 15.7. The van der Waals surface area contributed by atoms with Gasteiger partial charge in [0.2, 0.25) is 5.78 Å². The first-order valence-electron chi connectivity index (χ1n) is 10.7. The number of amides is 1. The molecule has 1 N–H and O–H groups in total. The Morgan fingerprint density at radius 3 is 2.58 bits per heavy atom. The van der Waals surface area contributed by atoms with Crippen LogP contribution in [-0.4, -0.2) is 23.2 Å². The van der Waals surface area contributed by atoms with E-state index in [2.05, 4.69) is 5.32 Å². The lowest BCUT2D eigenvalue weighted by molar-refractivity contribution is -0.384. The predicted octanol–water partition coefficient (Wildman–Crippen LogP) is 4.80. The average Bonchev–Trinajstić information content (AvgIpc) is 3.47. The van der Waals surface area contributed by atoms with Crippen LogP contribution >= 0.6 is 0 Å². The van der Waals surface area contributed by atoms with Gasteiger partial charge in [-0.25, -0.2) is 0 Å². The minimum absolute atomic E-state index is 0.0953. The molecule has 1 amide bonds. The molecule has 1 atom stereocenters. The molecule has 0 aliphatic carbocycles. The summed E-state index contributed by atoms with van der Waals surface area (Å²) in [4.78, 5) is 39.7. The van der Waals surface area contributed by atoms with Gasteiger partial charge in [-0.2, -0.15) is 0 Å². The maximum absolute atomic E-state index is 13.7. The second-order valence-corrected chi connectivity index (χ2v) is 7.64.